The van der Waals surface area contributed by atoms with Gasteiger partial charge in [0, 0.05) is 16.5 Å². The second-order valence-electron chi connectivity index (χ2n) is 5.47. The first-order chi connectivity index (χ1) is 12.7. The molecule has 5 nitrogen and oxygen atoms in total. The lowest BCUT2D eigenvalue weighted by molar-refractivity contribution is -0.385. The van der Waals surface area contributed by atoms with E-state index in [-0.39, 0.29) is 17.0 Å². The Labute approximate surface area is 162 Å². The largest absolute Gasteiger partial charge is 0.406 e. The van der Waals surface area contributed by atoms with Gasteiger partial charge in [-0.05, 0) is 12.1 Å². The van der Waals surface area contributed by atoms with Crippen molar-refractivity contribution in [2.24, 2.45) is 0 Å². The summed E-state index contributed by atoms with van der Waals surface area (Å²) in [5.41, 5.74) is -0.306. The summed E-state index contributed by atoms with van der Waals surface area (Å²) < 4.78 is 38.7. The van der Waals surface area contributed by atoms with Crippen molar-refractivity contribution < 1.29 is 22.9 Å². The van der Waals surface area contributed by atoms with E-state index in [1.807, 2.05) is 0 Å². The molecular formula is C17H14ClF3N2O3S. The van der Waals surface area contributed by atoms with Crippen molar-refractivity contribution in [3.8, 4) is 0 Å². The third-order valence-electron chi connectivity index (χ3n) is 3.46. The van der Waals surface area contributed by atoms with Crippen LogP contribution in [0.5, 0.6) is 0 Å². The number of nitro groups is 1. The van der Waals surface area contributed by atoms with E-state index < -0.39 is 30.1 Å². The first-order valence-corrected chi connectivity index (χ1v) is 8.98. The Bertz CT molecular complexity index is 833. The van der Waals surface area contributed by atoms with Crippen LogP contribution in [0.3, 0.4) is 0 Å². The summed E-state index contributed by atoms with van der Waals surface area (Å²) >= 11 is 6.98. The number of benzene rings is 2. The number of carbonyl (C=O) groups is 1. The lowest BCUT2D eigenvalue weighted by atomic mass is 10.1. The highest BCUT2D eigenvalue weighted by Gasteiger charge is 2.34. The van der Waals surface area contributed by atoms with Crippen molar-refractivity contribution in [2.45, 2.75) is 17.6 Å². The van der Waals surface area contributed by atoms with E-state index in [4.69, 9.17) is 11.6 Å². The Morgan fingerprint density at radius 2 is 1.78 bits per heavy atom. The van der Waals surface area contributed by atoms with Crippen molar-refractivity contribution in [2.75, 3.05) is 12.3 Å². The highest BCUT2D eigenvalue weighted by atomic mass is 35.5. The number of para-hydroxylation sites is 1. The number of hydrogen-bond donors (Lipinski definition) is 0. The maximum absolute atomic E-state index is 12.9. The fraction of sp³-hybridized carbons (Fsp3) is 0.235. The molecule has 0 fully saturated rings. The van der Waals surface area contributed by atoms with Gasteiger partial charge in [0.25, 0.3) is 5.69 Å². The summed E-state index contributed by atoms with van der Waals surface area (Å²) in [6.07, 6.45) is -4.63. The maximum Gasteiger partial charge on any atom is 0.406 e. The van der Waals surface area contributed by atoms with E-state index in [1.165, 1.54) is 24.3 Å². The summed E-state index contributed by atoms with van der Waals surface area (Å²) in [4.78, 5) is 23.9. The molecule has 0 aromatic heterocycles. The average Bonchev–Trinajstić information content (AvgIpc) is 2.59. The van der Waals surface area contributed by atoms with Crippen molar-refractivity contribution in [1.82, 2.24) is 4.90 Å². The molecule has 2 rings (SSSR count). The first-order valence-electron chi connectivity index (χ1n) is 7.61. The van der Waals surface area contributed by atoms with Crippen molar-refractivity contribution >= 4 is 35.0 Å². The van der Waals surface area contributed by atoms with Crippen LogP contribution in [0.1, 0.15) is 5.56 Å². The molecule has 0 bridgehead atoms. The molecule has 144 valence electrons. The maximum atomic E-state index is 12.9. The van der Waals surface area contributed by atoms with Gasteiger partial charge in [0.15, 0.2) is 0 Å². The van der Waals surface area contributed by atoms with Gasteiger partial charge in [0.05, 0.1) is 22.2 Å². The van der Waals surface area contributed by atoms with Crippen molar-refractivity contribution in [1.29, 1.82) is 0 Å². The summed E-state index contributed by atoms with van der Waals surface area (Å²) in [7, 11) is 0. The van der Waals surface area contributed by atoms with Crippen molar-refractivity contribution in [3.05, 3.63) is 69.2 Å². The number of amides is 1. The van der Waals surface area contributed by atoms with Gasteiger partial charge in [-0.1, -0.05) is 41.9 Å². The van der Waals surface area contributed by atoms with E-state index in [0.29, 0.717) is 14.8 Å². The summed E-state index contributed by atoms with van der Waals surface area (Å²) in [6.45, 7) is -2.01. The molecule has 0 atom stereocenters. The first kappa shape index (κ1) is 21.0. The molecule has 2 aromatic rings. The number of nitrogens with zero attached hydrogens (tertiary/aromatic N) is 2. The molecule has 27 heavy (non-hydrogen) atoms. The van der Waals surface area contributed by atoms with E-state index >= 15 is 0 Å². The smallest absolute Gasteiger partial charge is 0.328 e. The average molecular weight is 419 g/mol. The molecule has 0 aliphatic heterocycles. The van der Waals surface area contributed by atoms with E-state index in [2.05, 4.69) is 0 Å². The molecule has 0 aliphatic rings. The fourth-order valence-corrected chi connectivity index (χ4v) is 3.41. The standard InChI is InChI=1S/C17H14ClF3N2O3S/c18-13-6-2-4-8-15(13)27-10-16(24)22(11-17(19,20)21)9-12-5-1-3-7-14(12)23(25)26/h1-8H,9-11H2. The third-order valence-corrected chi connectivity index (χ3v) is 4.96. The Balaban J connectivity index is 2.18. The van der Waals surface area contributed by atoms with Crippen LogP contribution in [0.25, 0.3) is 0 Å². The molecule has 0 aliphatic carbocycles. The normalized spacial score (nSPS) is 11.3. The van der Waals surface area contributed by atoms with Gasteiger partial charge in [0.2, 0.25) is 5.91 Å². The van der Waals surface area contributed by atoms with Gasteiger partial charge >= 0.3 is 6.18 Å². The molecule has 0 saturated heterocycles. The topological polar surface area (TPSA) is 63.5 Å². The predicted octanol–water partition coefficient (Wildman–Crippen LogP) is 4.93. The molecule has 10 heteroatoms. The van der Waals surface area contributed by atoms with Gasteiger partial charge in [0.1, 0.15) is 6.54 Å². The monoisotopic (exact) mass is 418 g/mol. The molecule has 1 amide bonds. The summed E-state index contributed by atoms with van der Waals surface area (Å²) in [5, 5.41) is 11.5. The van der Waals surface area contributed by atoms with E-state index in [9.17, 15) is 28.1 Å². The molecule has 2 aromatic carbocycles. The highest BCUT2D eigenvalue weighted by Crippen LogP contribution is 2.28. The zero-order valence-corrected chi connectivity index (χ0v) is 15.4. The number of thioether (sulfide) groups is 1. The Kier molecular flexibility index (Phi) is 7.09. The molecule has 0 spiro atoms. The number of rotatable bonds is 7. The van der Waals surface area contributed by atoms with Crippen LogP contribution in [-0.2, 0) is 11.3 Å². The van der Waals surface area contributed by atoms with Gasteiger partial charge in [-0.25, -0.2) is 0 Å². The van der Waals surface area contributed by atoms with Crippen LogP contribution in [-0.4, -0.2) is 34.2 Å². The lowest BCUT2D eigenvalue weighted by Crippen LogP contribution is -2.39. The molecular weight excluding hydrogens is 405 g/mol. The number of halogens is 4. The molecule has 0 saturated carbocycles. The van der Waals surface area contributed by atoms with Crippen LogP contribution in [0.2, 0.25) is 5.02 Å². The Morgan fingerprint density at radius 1 is 1.15 bits per heavy atom. The van der Waals surface area contributed by atoms with Crippen LogP contribution in [0, 0.1) is 10.1 Å². The van der Waals surface area contributed by atoms with Gasteiger partial charge in [-0.2, -0.15) is 13.2 Å². The summed E-state index contributed by atoms with van der Waals surface area (Å²) in [6, 6.07) is 12.0. The molecule has 0 heterocycles. The zero-order chi connectivity index (χ0) is 20.0. The minimum atomic E-state index is -4.63. The lowest BCUT2D eigenvalue weighted by Gasteiger charge is -2.24. The SMILES string of the molecule is O=C(CSc1ccccc1Cl)N(Cc1ccccc1[N+](=O)[O-])CC(F)(F)F. The van der Waals surface area contributed by atoms with Crippen LogP contribution >= 0.6 is 23.4 Å². The van der Waals surface area contributed by atoms with E-state index in [0.717, 1.165) is 11.8 Å². The van der Waals surface area contributed by atoms with E-state index in [1.54, 1.807) is 24.3 Å². The van der Waals surface area contributed by atoms with Crippen LogP contribution < -0.4 is 0 Å². The molecule has 0 radical (unpaired) electrons. The third kappa shape index (κ3) is 6.44. The van der Waals surface area contributed by atoms with Crippen LogP contribution in [0.15, 0.2) is 53.4 Å². The fourth-order valence-electron chi connectivity index (χ4n) is 2.27. The van der Waals surface area contributed by atoms with Gasteiger partial charge < -0.3 is 4.90 Å². The van der Waals surface area contributed by atoms with Gasteiger partial charge in [-0.15, -0.1) is 11.8 Å². The van der Waals surface area contributed by atoms with Crippen LogP contribution in [0.4, 0.5) is 18.9 Å². The number of hydrogen-bond acceptors (Lipinski definition) is 4. The minimum Gasteiger partial charge on any atom is -0.328 e. The second-order valence-corrected chi connectivity index (χ2v) is 6.89. The van der Waals surface area contributed by atoms with Gasteiger partial charge in [-0.3, -0.25) is 14.9 Å². The highest BCUT2D eigenvalue weighted by molar-refractivity contribution is 8.00. The number of nitro benzene ring substituents is 1. The number of carbonyl (C=O) groups excluding carboxylic acids is 1. The second kappa shape index (κ2) is 9.09. The molecule has 0 N–H and O–H groups in total. The van der Waals surface area contributed by atoms with Crippen molar-refractivity contribution in [3.63, 3.8) is 0 Å². The molecule has 0 unspecified atom stereocenters. The Hall–Kier alpha value is -2.26. The minimum absolute atomic E-state index is 0.0304. The summed E-state index contributed by atoms with van der Waals surface area (Å²) in [5.74, 6) is -1.07. The predicted molar refractivity (Wildman–Crippen MR) is 96.7 cm³/mol. The number of alkyl halides is 3. The quantitative estimate of drug-likeness (QED) is 0.363. The zero-order valence-electron chi connectivity index (χ0n) is 13.8. The Morgan fingerprint density at radius 3 is 2.41 bits per heavy atom.